The summed E-state index contributed by atoms with van der Waals surface area (Å²) in [6.07, 6.45) is 0.751. The summed E-state index contributed by atoms with van der Waals surface area (Å²) in [7, 11) is 0. The summed E-state index contributed by atoms with van der Waals surface area (Å²) in [4.78, 5) is 0. The molecule has 0 heterocycles. The maximum absolute atomic E-state index is 9.41. The number of halogens is 1. The molecule has 0 bridgehead atoms. The van der Waals surface area contributed by atoms with Gasteiger partial charge in [0.25, 0.3) is 0 Å². The van der Waals surface area contributed by atoms with Gasteiger partial charge < -0.3 is 5.11 Å². The smallest absolute Gasteiger partial charge is 0.137 e. The molecule has 0 saturated carbocycles. The molecule has 0 aliphatic carbocycles. The zero-order chi connectivity index (χ0) is 10.6. The minimum atomic E-state index is 0.131. The molecule has 1 rings (SSSR count). The maximum Gasteiger partial charge on any atom is 0.137 e. The van der Waals surface area contributed by atoms with Crippen LogP contribution in [0.15, 0.2) is 12.1 Å². The Bertz CT molecular complexity index is 367. The molecule has 1 N–H and O–H groups in total. The molecule has 0 saturated heterocycles. The van der Waals surface area contributed by atoms with Crippen molar-refractivity contribution in [2.45, 2.75) is 13.3 Å². The van der Waals surface area contributed by atoms with Crippen LogP contribution in [0.2, 0.25) is 5.02 Å². The van der Waals surface area contributed by atoms with Gasteiger partial charge in [-0.3, -0.25) is 0 Å². The molecular weight excluding hydrogens is 216 g/mol. The Kier molecular flexibility index (Phi) is 4.19. The second-order valence-corrected chi connectivity index (χ2v) is 3.75. The molecule has 0 aromatic heterocycles. The zero-order valence-electron chi connectivity index (χ0n) is 7.84. The number of aryl methyl sites for hydroxylation is 1. The van der Waals surface area contributed by atoms with Crippen molar-refractivity contribution in [1.82, 2.24) is 0 Å². The van der Waals surface area contributed by atoms with Crippen molar-refractivity contribution in [2.75, 3.05) is 5.75 Å². The standard InChI is InChI=1S/C11H11ClOS/c1-8-6-9(4-2-3-5-14)7-10(12)11(8)13/h6-7,13-14H,3,5H2,1H3. The van der Waals surface area contributed by atoms with E-state index in [0.717, 1.165) is 23.3 Å². The summed E-state index contributed by atoms with van der Waals surface area (Å²) < 4.78 is 0. The number of thiol groups is 1. The Morgan fingerprint density at radius 1 is 1.50 bits per heavy atom. The molecule has 0 fully saturated rings. The van der Waals surface area contributed by atoms with Crippen molar-refractivity contribution < 1.29 is 5.11 Å². The van der Waals surface area contributed by atoms with Crippen LogP contribution in [0, 0.1) is 18.8 Å². The largest absolute Gasteiger partial charge is 0.506 e. The van der Waals surface area contributed by atoms with Crippen LogP contribution in [0.5, 0.6) is 5.75 Å². The molecule has 1 aromatic rings. The van der Waals surface area contributed by atoms with Gasteiger partial charge in [0.15, 0.2) is 0 Å². The number of benzene rings is 1. The highest BCUT2D eigenvalue weighted by molar-refractivity contribution is 7.80. The van der Waals surface area contributed by atoms with Crippen LogP contribution >= 0.6 is 24.2 Å². The van der Waals surface area contributed by atoms with Gasteiger partial charge in [-0.2, -0.15) is 12.6 Å². The van der Waals surface area contributed by atoms with E-state index < -0.39 is 0 Å². The Morgan fingerprint density at radius 2 is 2.21 bits per heavy atom. The fourth-order valence-corrected chi connectivity index (χ4v) is 1.41. The molecule has 0 aliphatic heterocycles. The van der Waals surface area contributed by atoms with Crippen LogP contribution in [0.4, 0.5) is 0 Å². The van der Waals surface area contributed by atoms with E-state index in [0.29, 0.717) is 5.02 Å². The van der Waals surface area contributed by atoms with Crippen LogP contribution in [0.3, 0.4) is 0 Å². The topological polar surface area (TPSA) is 20.2 Å². The SMILES string of the molecule is Cc1cc(C#CCCS)cc(Cl)c1O. The van der Waals surface area contributed by atoms with Crippen LogP contribution in [-0.2, 0) is 0 Å². The first-order chi connectivity index (χ1) is 6.65. The van der Waals surface area contributed by atoms with Gasteiger partial charge in [0.1, 0.15) is 5.75 Å². The maximum atomic E-state index is 9.41. The highest BCUT2D eigenvalue weighted by Gasteiger charge is 2.02. The van der Waals surface area contributed by atoms with Crippen molar-refractivity contribution in [3.63, 3.8) is 0 Å². The number of hydrogen-bond donors (Lipinski definition) is 2. The highest BCUT2D eigenvalue weighted by Crippen LogP contribution is 2.27. The van der Waals surface area contributed by atoms with Crippen LogP contribution in [-0.4, -0.2) is 10.9 Å². The number of aromatic hydroxyl groups is 1. The molecule has 0 unspecified atom stereocenters. The molecule has 1 nitrogen and oxygen atoms in total. The molecule has 74 valence electrons. The fourth-order valence-electron chi connectivity index (χ4n) is 1.03. The highest BCUT2D eigenvalue weighted by atomic mass is 35.5. The van der Waals surface area contributed by atoms with Crippen LogP contribution in [0.25, 0.3) is 0 Å². The summed E-state index contributed by atoms with van der Waals surface area (Å²) in [5, 5.41) is 9.76. The third-order valence-corrected chi connectivity index (χ3v) is 2.24. The number of phenolic OH excluding ortho intramolecular Hbond substituents is 1. The molecule has 1 aromatic carbocycles. The molecule has 0 amide bonds. The summed E-state index contributed by atoms with van der Waals surface area (Å²) in [5.41, 5.74) is 1.57. The molecule has 14 heavy (non-hydrogen) atoms. The number of phenols is 1. The predicted octanol–water partition coefficient (Wildman–Crippen LogP) is 3.03. The van der Waals surface area contributed by atoms with Gasteiger partial charge in [0.05, 0.1) is 5.02 Å². The summed E-state index contributed by atoms with van der Waals surface area (Å²) >= 11 is 9.85. The normalized spacial score (nSPS) is 9.36. The van der Waals surface area contributed by atoms with Crippen molar-refractivity contribution in [3.8, 4) is 17.6 Å². The van der Waals surface area contributed by atoms with E-state index in [1.165, 1.54) is 0 Å². The lowest BCUT2D eigenvalue weighted by Crippen LogP contribution is -1.81. The lowest BCUT2D eigenvalue weighted by molar-refractivity contribution is 0.471. The number of hydrogen-bond acceptors (Lipinski definition) is 2. The van der Waals surface area contributed by atoms with Gasteiger partial charge in [-0.15, -0.1) is 0 Å². The summed E-state index contributed by atoms with van der Waals surface area (Å²) in [6.45, 7) is 1.80. The summed E-state index contributed by atoms with van der Waals surface area (Å²) in [5.74, 6) is 6.80. The molecule has 3 heteroatoms. The van der Waals surface area contributed by atoms with Crippen molar-refractivity contribution in [1.29, 1.82) is 0 Å². The Morgan fingerprint density at radius 3 is 2.79 bits per heavy atom. The second kappa shape index (κ2) is 5.19. The monoisotopic (exact) mass is 226 g/mol. The average molecular weight is 227 g/mol. The first-order valence-electron chi connectivity index (χ1n) is 4.24. The van der Waals surface area contributed by atoms with E-state index in [1.54, 1.807) is 13.0 Å². The molecular formula is C11H11ClOS. The van der Waals surface area contributed by atoms with E-state index in [4.69, 9.17) is 11.6 Å². The molecule has 0 radical (unpaired) electrons. The minimum absolute atomic E-state index is 0.131. The average Bonchev–Trinajstić information content (AvgIpc) is 2.14. The first-order valence-corrected chi connectivity index (χ1v) is 5.25. The quantitative estimate of drug-likeness (QED) is 0.557. The predicted molar refractivity (Wildman–Crippen MR) is 63.2 cm³/mol. The van der Waals surface area contributed by atoms with Crippen molar-refractivity contribution >= 4 is 24.2 Å². The van der Waals surface area contributed by atoms with Gasteiger partial charge in [-0.25, -0.2) is 0 Å². The van der Waals surface area contributed by atoms with Gasteiger partial charge in [0.2, 0.25) is 0 Å². The van der Waals surface area contributed by atoms with E-state index in [2.05, 4.69) is 24.5 Å². The lowest BCUT2D eigenvalue weighted by Gasteiger charge is -2.01. The molecule has 0 spiro atoms. The Labute approximate surface area is 94.5 Å². The van der Waals surface area contributed by atoms with E-state index in [9.17, 15) is 5.11 Å². The number of rotatable bonds is 1. The van der Waals surface area contributed by atoms with E-state index in [-0.39, 0.29) is 5.75 Å². The van der Waals surface area contributed by atoms with Crippen LogP contribution < -0.4 is 0 Å². The van der Waals surface area contributed by atoms with Crippen LogP contribution in [0.1, 0.15) is 17.5 Å². The van der Waals surface area contributed by atoms with E-state index >= 15 is 0 Å². The van der Waals surface area contributed by atoms with Crippen molar-refractivity contribution in [2.24, 2.45) is 0 Å². The van der Waals surface area contributed by atoms with E-state index in [1.807, 2.05) is 6.07 Å². The second-order valence-electron chi connectivity index (χ2n) is 2.90. The third kappa shape index (κ3) is 2.87. The van der Waals surface area contributed by atoms with Gasteiger partial charge in [0, 0.05) is 17.7 Å². The van der Waals surface area contributed by atoms with Gasteiger partial charge in [-0.1, -0.05) is 23.4 Å². The Hall–Kier alpha value is -0.780. The Balaban J connectivity index is 2.97. The first kappa shape index (κ1) is 11.3. The lowest BCUT2D eigenvalue weighted by atomic mass is 10.1. The van der Waals surface area contributed by atoms with Gasteiger partial charge >= 0.3 is 0 Å². The van der Waals surface area contributed by atoms with Crippen molar-refractivity contribution in [3.05, 3.63) is 28.3 Å². The zero-order valence-corrected chi connectivity index (χ0v) is 9.49. The summed E-state index contributed by atoms with van der Waals surface area (Å²) in [6, 6.07) is 3.47. The third-order valence-electron chi connectivity index (χ3n) is 1.72. The molecule has 0 atom stereocenters. The molecule has 0 aliphatic rings. The van der Waals surface area contributed by atoms with Gasteiger partial charge in [-0.05, 0) is 24.6 Å². The fraction of sp³-hybridized carbons (Fsp3) is 0.273. The minimum Gasteiger partial charge on any atom is -0.506 e.